The number of rotatable bonds is 4. The number of ether oxygens (including phenoxy) is 1. The van der Waals surface area contributed by atoms with E-state index in [-0.39, 0.29) is 5.75 Å². The predicted octanol–water partition coefficient (Wildman–Crippen LogP) is 1.25. The molecule has 0 saturated heterocycles. The van der Waals surface area contributed by atoms with E-state index in [4.69, 9.17) is 4.74 Å². The molecule has 74 valence electrons. The van der Waals surface area contributed by atoms with Crippen molar-refractivity contribution >= 4 is 36.2 Å². The first-order chi connectivity index (χ1) is 7.19. The van der Waals surface area contributed by atoms with Crippen LogP contribution in [0.1, 0.15) is 10.4 Å². The van der Waals surface area contributed by atoms with Gasteiger partial charge in [0.2, 0.25) is 0 Å². The number of carbonyl (C=O) groups is 1. The normalized spacial score (nSPS) is 9.00. The average Bonchev–Trinajstić information content (AvgIpc) is 2.28. The number of hydrogen-bond acceptors (Lipinski definition) is 3. The van der Waals surface area contributed by atoms with Crippen LogP contribution in [0.25, 0.3) is 0 Å². The summed E-state index contributed by atoms with van der Waals surface area (Å²) in [6, 6.07) is 1.75. The summed E-state index contributed by atoms with van der Waals surface area (Å²) in [5.41, 5.74) is 0.389. The van der Waals surface area contributed by atoms with Crippen molar-refractivity contribution in [2.75, 3.05) is 7.11 Å². The van der Waals surface area contributed by atoms with E-state index in [0.29, 0.717) is 11.8 Å². The molecule has 0 aliphatic carbocycles. The zero-order valence-electron chi connectivity index (χ0n) is 8.09. The second kappa shape index (κ2) is 6.91. The van der Waals surface area contributed by atoms with E-state index < -0.39 is 44.3 Å². The van der Waals surface area contributed by atoms with Crippen molar-refractivity contribution in [3.8, 4) is 11.5 Å². The van der Waals surface area contributed by atoms with Crippen LogP contribution in [0.15, 0.2) is 6.07 Å². The molecule has 0 aromatic heterocycles. The third-order valence-corrected chi connectivity index (χ3v) is 19.0. The number of aldehydes is 1. The first kappa shape index (κ1) is 14.4. The Bertz CT molecular complexity index is 385. The number of benzene rings is 1. The molecule has 0 unspecified atom stereocenters. The van der Waals surface area contributed by atoms with Crippen molar-refractivity contribution in [3.63, 3.8) is 0 Å². The summed E-state index contributed by atoms with van der Waals surface area (Å²) in [6.45, 7) is 0. The molecular weight excluding hydrogens is 705 g/mol. The van der Waals surface area contributed by atoms with E-state index in [9.17, 15) is 9.90 Å². The maximum absolute atomic E-state index is 10.8. The van der Waals surface area contributed by atoms with Gasteiger partial charge in [-0.15, -0.1) is 0 Å². The van der Waals surface area contributed by atoms with Crippen molar-refractivity contribution in [1.29, 1.82) is 0 Å². The van der Waals surface area contributed by atoms with Gasteiger partial charge < -0.3 is 0 Å². The monoisotopic (exact) mass is 712 g/mol. The van der Waals surface area contributed by atoms with Crippen LogP contribution >= 0.6 is 23.8 Å². The molecule has 1 N–H and O–H groups in total. The number of hydrogen-bond donors (Lipinski definition) is 1. The third kappa shape index (κ3) is 3.16. The minimum absolute atomic E-state index is 0.110. The second-order valence-electron chi connectivity index (χ2n) is 2.87. The summed E-state index contributed by atoms with van der Waals surface area (Å²) in [5.74, 6) is 0.911. The number of methoxy groups -OCH3 is 1. The molecule has 0 heterocycles. The summed E-state index contributed by atoms with van der Waals surface area (Å²) in [4.78, 5) is 10.8. The van der Waals surface area contributed by atoms with Crippen LogP contribution in [-0.4, -0.2) is 18.5 Å². The maximum atomic E-state index is 10.8. The van der Waals surface area contributed by atoms with Crippen LogP contribution in [0.4, 0.5) is 0 Å². The summed E-state index contributed by atoms with van der Waals surface area (Å²) >= 11 is 4.27. The predicted molar refractivity (Wildman–Crippen MR) is 57.2 cm³/mol. The Morgan fingerprint density at radius 2 is 2.13 bits per heavy atom. The molecule has 0 aliphatic heterocycles. The quantitative estimate of drug-likeness (QED) is 0.379. The Morgan fingerprint density at radius 1 is 1.47 bits per heavy atom. The van der Waals surface area contributed by atoms with Crippen LogP contribution in [0.2, 0.25) is 0 Å². The summed E-state index contributed by atoms with van der Waals surface area (Å²) in [7, 11) is 1.61. The molecule has 0 amide bonds. The molecule has 0 saturated carbocycles. The molecule has 3 nitrogen and oxygen atoms in total. The fourth-order valence-corrected chi connectivity index (χ4v) is 19.6. The average molecular weight is 711 g/mol. The van der Waals surface area contributed by atoms with Crippen LogP contribution < -0.4 is 10.9 Å². The van der Waals surface area contributed by atoms with Crippen LogP contribution in [0, 0.1) is 0 Å². The van der Waals surface area contributed by atoms with E-state index in [0.717, 1.165) is 11.9 Å². The Kier molecular flexibility index (Phi) is 6.63. The van der Waals surface area contributed by atoms with E-state index in [1.54, 1.807) is 13.2 Å². The van der Waals surface area contributed by atoms with Crippen LogP contribution in [0.3, 0.4) is 0 Å². The van der Waals surface area contributed by atoms with E-state index in [1.165, 1.54) is 0 Å². The first-order valence-electron chi connectivity index (χ1n) is 4.18. The van der Waals surface area contributed by atoms with Crippen molar-refractivity contribution in [1.82, 2.24) is 0 Å². The van der Waals surface area contributed by atoms with Crippen molar-refractivity contribution in [3.05, 3.63) is 11.6 Å². The van der Waals surface area contributed by atoms with Crippen LogP contribution in [-0.2, 0) is 44.3 Å². The summed E-state index contributed by atoms with van der Waals surface area (Å²) in [5, 5.41) is 9.84. The van der Waals surface area contributed by atoms with Gasteiger partial charge in [-0.1, -0.05) is 0 Å². The van der Waals surface area contributed by atoms with E-state index in [2.05, 4.69) is 23.8 Å². The number of aromatic hydroxyl groups is 1. The number of phenolic OH excluding ortho intramolecular Hbond substituents is 1. The van der Waals surface area contributed by atoms with Crippen molar-refractivity contribution in [2.24, 2.45) is 0 Å². The molecule has 7 heteroatoms. The Hall–Kier alpha value is 1.32. The van der Waals surface area contributed by atoms with Gasteiger partial charge in [0, 0.05) is 0 Å². The molecule has 0 spiro atoms. The molecule has 0 atom stereocenters. The SMILES string of the molecule is COc1[c]([Hg][Br])cc(C=O)c(O)[c]1[Hg][Br]. The molecule has 1 rings (SSSR count). The Balaban J connectivity index is 3.49. The van der Waals surface area contributed by atoms with Gasteiger partial charge in [-0.05, 0) is 0 Å². The first-order valence-corrected chi connectivity index (χ1v) is 33.5. The second-order valence-corrected chi connectivity index (χ2v) is 20.5. The molecule has 0 aliphatic rings. The van der Waals surface area contributed by atoms with Gasteiger partial charge in [0.05, 0.1) is 0 Å². The Morgan fingerprint density at radius 3 is 2.53 bits per heavy atom. The fraction of sp³-hybridized carbons (Fsp3) is 0.125. The van der Waals surface area contributed by atoms with Gasteiger partial charge in [-0.25, -0.2) is 0 Å². The van der Waals surface area contributed by atoms with Gasteiger partial charge in [-0.3, -0.25) is 0 Å². The molecule has 1 aromatic rings. The van der Waals surface area contributed by atoms with Gasteiger partial charge in [-0.2, -0.15) is 0 Å². The Labute approximate surface area is 123 Å². The molecule has 1 aromatic carbocycles. The standard InChI is InChI=1S/C8H6O3.2BrH.2Hg/c1-11-7-3-2-6(5-9)8(10)4-7;;;;/h2,5,10H,1H3;2*1H;;/q;;;2*+1/p-2. The fourth-order valence-electron chi connectivity index (χ4n) is 1.36. The van der Waals surface area contributed by atoms with E-state index >= 15 is 0 Å². The molecule has 0 bridgehead atoms. The molecule has 0 radical (unpaired) electrons. The summed E-state index contributed by atoms with van der Waals surface area (Å²) in [6.07, 6.45) is 0.703. The number of halogens is 2. The zero-order valence-corrected chi connectivity index (χ0v) is 22.3. The van der Waals surface area contributed by atoms with Gasteiger partial charge in [0.25, 0.3) is 0 Å². The zero-order chi connectivity index (χ0) is 11.4. The minimum atomic E-state index is -1.47. The third-order valence-electron chi connectivity index (χ3n) is 2.06. The molecule has 15 heavy (non-hydrogen) atoms. The van der Waals surface area contributed by atoms with Gasteiger partial charge in [0.1, 0.15) is 0 Å². The van der Waals surface area contributed by atoms with Gasteiger partial charge in [0.15, 0.2) is 0 Å². The summed E-state index contributed by atoms with van der Waals surface area (Å²) < 4.78 is 7.30. The van der Waals surface area contributed by atoms with E-state index in [1.807, 2.05) is 0 Å². The van der Waals surface area contributed by atoms with Crippen molar-refractivity contribution < 1.29 is 58.9 Å². The molecular formula is C8H6Br2Hg2O3. The number of phenols is 1. The topological polar surface area (TPSA) is 46.5 Å². The number of carbonyl (C=O) groups excluding carboxylic acids is 1. The van der Waals surface area contributed by atoms with Crippen LogP contribution in [0.5, 0.6) is 11.5 Å². The van der Waals surface area contributed by atoms with Crippen molar-refractivity contribution in [2.45, 2.75) is 0 Å². The molecule has 0 fully saturated rings. The van der Waals surface area contributed by atoms with Gasteiger partial charge >= 0.3 is 125 Å².